The Morgan fingerprint density at radius 2 is 1.93 bits per heavy atom. The van der Waals surface area contributed by atoms with E-state index in [0.29, 0.717) is 12.1 Å². The highest BCUT2D eigenvalue weighted by atomic mass is 16.5. The topological polar surface area (TPSA) is 69.2 Å². The molecule has 160 valence electrons. The maximum Gasteiger partial charge on any atom is 0.409 e. The van der Waals surface area contributed by atoms with Gasteiger partial charge in [0.15, 0.2) is 5.96 Å². The maximum atomic E-state index is 11.7. The average Bonchev–Trinajstić information content (AvgIpc) is 3.19. The number of nitrogens with one attached hydrogen (secondary N) is 2. The maximum absolute atomic E-state index is 11.7. The second-order valence-corrected chi connectivity index (χ2v) is 7.85. The third-order valence-electron chi connectivity index (χ3n) is 5.80. The van der Waals surface area contributed by atoms with E-state index in [9.17, 15) is 4.79 Å². The summed E-state index contributed by atoms with van der Waals surface area (Å²) in [7, 11) is 1.44. The molecule has 1 aromatic carbocycles. The van der Waals surface area contributed by atoms with Crippen molar-refractivity contribution in [2.24, 2.45) is 4.99 Å². The van der Waals surface area contributed by atoms with E-state index in [0.717, 1.165) is 58.1 Å². The predicted molar refractivity (Wildman–Crippen MR) is 116 cm³/mol. The van der Waals surface area contributed by atoms with Gasteiger partial charge in [-0.05, 0) is 44.7 Å². The second kappa shape index (κ2) is 11.0. The first-order chi connectivity index (χ1) is 14.2. The number of nitrogens with zero attached hydrogens (tertiary/aromatic N) is 3. The fourth-order valence-electron chi connectivity index (χ4n) is 4.17. The predicted octanol–water partition coefficient (Wildman–Crippen LogP) is 2.44. The fraction of sp³-hybridized carbons (Fsp3) is 0.636. The van der Waals surface area contributed by atoms with Crippen LogP contribution in [-0.4, -0.2) is 73.8 Å². The zero-order valence-corrected chi connectivity index (χ0v) is 17.8. The molecule has 7 heteroatoms. The number of hydrogen-bond acceptors (Lipinski definition) is 4. The van der Waals surface area contributed by atoms with Crippen LogP contribution in [0, 0.1) is 0 Å². The van der Waals surface area contributed by atoms with Gasteiger partial charge in [-0.25, -0.2) is 4.79 Å². The number of aliphatic imine (C=N–C) groups is 1. The molecule has 2 heterocycles. The van der Waals surface area contributed by atoms with E-state index in [4.69, 9.17) is 9.73 Å². The van der Waals surface area contributed by atoms with Crippen LogP contribution >= 0.6 is 0 Å². The number of amides is 1. The van der Waals surface area contributed by atoms with E-state index in [-0.39, 0.29) is 6.09 Å². The third-order valence-corrected chi connectivity index (χ3v) is 5.80. The lowest BCUT2D eigenvalue weighted by Crippen LogP contribution is -2.50. The van der Waals surface area contributed by atoms with Crippen LogP contribution in [0.15, 0.2) is 35.3 Å². The summed E-state index contributed by atoms with van der Waals surface area (Å²) in [4.78, 5) is 20.9. The van der Waals surface area contributed by atoms with E-state index in [1.165, 1.54) is 25.5 Å². The van der Waals surface area contributed by atoms with Crippen molar-refractivity contribution >= 4 is 12.1 Å². The van der Waals surface area contributed by atoms with Crippen LogP contribution < -0.4 is 10.6 Å². The van der Waals surface area contributed by atoms with Gasteiger partial charge < -0.3 is 20.3 Å². The van der Waals surface area contributed by atoms with Crippen LogP contribution in [0.2, 0.25) is 0 Å². The second-order valence-electron chi connectivity index (χ2n) is 7.85. The zero-order valence-electron chi connectivity index (χ0n) is 17.8. The molecule has 1 aromatic rings. The van der Waals surface area contributed by atoms with Gasteiger partial charge in [0.05, 0.1) is 13.7 Å². The van der Waals surface area contributed by atoms with E-state index < -0.39 is 0 Å². The van der Waals surface area contributed by atoms with E-state index in [2.05, 4.69) is 52.8 Å². The minimum Gasteiger partial charge on any atom is -0.453 e. The normalized spacial score (nSPS) is 21.2. The summed E-state index contributed by atoms with van der Waals surface area (Å²) in [6.45, 7) is 7.32. The van der Waals surface area contributed by atoms with Crippen LogP contribution in [0.3, 0.4) is 0 Å². The van der Waals surface area contributed by atoms with Gasteiger partial charge in [0.2, 0.25) is 0 Å². The quantitative estimate of drug-likeness (QED) is 0.566. The Kier molecular flexibility index (Phi) is 8.16. The first-order valence-corrected chi connectivity index (χ1v) is 10.8. The van der Waals surface area contributed by atoms with Crippen molar-refractivity contribution < 1.29 is 9.53 Å². The Labute approximate surface area is 174 Å². The molecule has 1 unspecified atom stereocenters. The average molecular weight is 402 g/mol. The fourth-order valence-corrected chi connectivity index (χ4v) is 4.17. The van der Waals surface area contributed by atoms with Crippen molar-refractivity contribution in [1.29, 1.82) is 0 Å². The molecule has 2 saturated heterocycles. The van der Waals surface area contributed by atoms with E-state index >= 15 is 0 Å². The Morgan fingerprint density at radius 1 is 1.17 bits per heavy atom. The van der Waals surface area contributed by atoms with Crippen LogP contribution in [-0.2, 0) is 11.3 Å². The van der Waals surface area contributed by atoms with Gasteiger partial charge in [0.25, 0.3) is 0 Å². The summed E-state index contributed by atoms with van der Waals surface area (Å²) in [5.74, 6) is 0.885. The summed E-state index contributed by atoms with van der Waals surface area (Å²) in [6.07, 6.45) is 4.02. The number of carbonyl (C=O) groups is 1. The number of hydrogen-bond donors (Lipinski definition) is 2. The van der Waals surface area contributed by atoms with Crippen molar-refractivity contribution in [3.8, 4) is 0 Å². The minimum atomic E-state index is -0.233. The van der Waals surface area contributed by atoms with Crippen LogP contribution in [0.4, 0.5) is 4.79 Å². The molecule has 0 aromatic heterocycles. The molecule has 1 amide bonds. The number of methoxy groups -OCH3 is 1. The van der Waals surface area contributed by atoms with Crippen molar-refractivity contribution in [3.05, 3.63) is 35.9 Å². The number of rotatable bonds is 6. The lowest BCUT2D eigenvalue weighted by atomic mass is 10.1. The zero-order chi connectivity index (χ0) is 20.5. The van der Waals surface area contributed by atoms with Gasteiger partial charge in [-0.2, -0.15) is 0 Å². The summed E-state index contributed by atoms with van der Waals surface area (Å²) in [5.41, 5.74) is 1.37. The first kappa shape index (κ1) is 21.4. The van der Waals surface area contributed by atoms with E-state index in [1.807, 2.05) is 0 Å². The van der Waals surface area contributed by atoms with Gasteiger partial charge in [-0.15, -0.1) is 0 Å². The van der Waals surface area contributed by atoms with Crippen molar-refractivity contribution in [1.82, 2.24) is 20.4 Å². The molecule has 29 heavy (non-hydrogen) atoms. The van der Waals surface area contributed by atoms with Crippen LogP contribution in [0.1, 0.15) is 38.2 Å². The summed E-state index contributed by atoms with van der Waals surface area (Å²) in [6, 6.07) is 11.5. The summed E-state index contributed by atoms with van der Waals surface area (Å²) in [5, 5.41) is 6.94. The largest absolute Gasteiger partial charge is 0.453 e. The van der Waals surface area contributed by atoms with Gasteiger partial charge in [-0.3, -0.25) is 9.89 Å². The number of likely N-dealkylation sites (tertiary alicyclic amines) is 2. The van der Waals surface area contributed by atoms with Gasteiger partial charge in [0.1, 0.15) is 0 Å². The molecule has 0 radical (unpaired) electrons. The summed E-state index contributed by atoms with van der Waals surface area (Å²) >= 11 is 0. The molecule has 0 spiro atoms. The van der Waals surface area contributed by atoms with Gasteiger partial charge in [0, 0.05) is 38.3 Å². The molecule has 0 bridgehead atoms. The molecular weight excluding hydrogens is 366 g/mol. The molecule has 2 aliphatic heterocycles. The third kappa shape index (κ3) is 6.35. The monoisotopic (exact) mass is 401 g/mol. The minimum absolute atomic E-state index is 0.233. The molecule has 2 fully saturated rings. The van der Waals surface area contributed by atoms with Gasteiger partial charge >= 0.3 is 6.09 Å². The van der Waals surface area contributed by atoms with E-state index in [1.54, 1.807) is 4.90 Å². The van der Waals surface area contributed by atoms with Gasteiger partial charge in [-0.1, -0.05) is 30.3 Å². The molecule has 0 saturated carbocycles. The molecule has 3 rings (SSSR count). The number of carbonyl (C=O) groups excluding carboxylic acids is 1. The number of benzene rings is 1. The summed E-state index contributed by atoms with van der Waals surface area (Å²) < 4.78 is 4.82. The Morgan fingerprint density at radius 3 is 2.62 bits per heavy atom. The number of ether oxygens (including phenoxy) is 1. The first-order valence-electron chi connectivity index (χ1n) is 10.8. The molecule has 0 aliphatic carbocycles. The SMILES string of the molecule is CCNC(=NCC1CCCN1Cc1ccccc1)NC1CCN(C(=O)OC)CC1. The number of guanidine groups is 1. The highest BCUT2D eigenvalue weighted by Gasteiger charge is 2.26. The van der Waals surface area contributed by atoms with Crippen molar-refractivity contribution in [2.75, 3.05) is 39.8 Å². The highest BCUT2D eigenvalue weighted by Crippen LogP contribution is 2.20. The lowest BCUT2D eigenvalue weighted by molar-refractivity contribution is 0.111. The molecule has 7 nitrogen and oxygen atoms in total. The Bertz CT molecular complexity index is 658. The Balaban J connectivity index is 1.51. The van der Waals surface area contributed by atoms with Crippen molar-refractivity contribution in [3.63, 3.8) is 0 Å². The molecule has 1 atom stereocenters. The van der Waals surface area contributed by atoms with Crippen LogP contribution in [0.25, 0.3) is 0 Å². The molecule has 2 N–H and O–H groups in total. The van der Waals surface area contributed by atoms with Crippen molar-refractivity contribution in [2.45, 2.75) is 51.2 Å². The molecule has 2 aliphatic rings. The highest BCUT2D eigenvalue weighted by molar-refractivity contribution is 5.80. The van der Waals surface area contributed by atoms with Crippen LogP contribution in [0.5, 0.6) is 0 Å². The smallest absolute Gasteiger partial charge is 0.409 e. The Hall–Kier alpha value is -2.28. The standard InChI is InChI=1S/C22H35N5O2/c1-3-23-21(25-19-11-14-26(15-12-19)22(28)29-2)24-16-20-10-7-13-27(20)17-18-8-5-4-6-9-18/h4-6,8-9,19-20H,3,7,10-17H2,1-2H3,(H2,23,24,25). The lowest BCUT2D eigenvalue weighted by Gasteiger charge is -2.32. The molecular formula is C22H35N5O2. The number of piperidine rings is 1.